The third-order valence-electron chi connectivity index (χ3n) is 4.25. The van der Waals surface area contributed by atoms with Crippen molar-refractivity contribution >= 4 is 27.8 Å². The fourth-order valence-corrected chi connectivity index (χ4v) is 3.21. The first kappa shape index (κ1) is 13.6. The lowest BCUT2D eigenvalue weighted by Crippen LogP contribution is -2.31. The van der Waals surface area contributed by atoms with Gasteiger partial charge in [-0.1, -0.05) is 28.1 Å². The number of rotatable bonds is 3. The summed E-state index contributed by atoms with van der Waals surface area (Å²) in [6.45, 7) is 0.955. The number of nitrogens with zero attached hydrogens (tertiary/aromatic N) is 1. The van der Waals surface area contributed by atoms with Crippen LogP contribution in [0.3, 0.4) is 0 Å². The molecule has 0 spiro atoms. The monoisotopic (exact) mass is 337 g/mol. The maximum Gasteiger partial charge on any atom is 0.308 e. The highest BCUT2D eigenvalue weighted by atomic mass is 79.9. The lowest BCUT2D eigenvalue weighted by atomic mass is 10.1. The number of carbonyl (C=O) groups is 2. The van der Waals surface area contributed by atoms with E-state index < -0.39 is 5.97 Å². The average molecular weight is 338 g/mol. The van der Waals surface area contributed by atoms with E-state index in [-0.39, 0.29) is 17.7 Å². The molecular weight excluding hydrogens is 322 g/mol. The van der Waals surface area contributed by atoms with Crippen LogP contribution < -0.4 is 0 Å². The third-order valence-corrected chi connectivity index (χ3v) is 4.78. The van der Waals surface area contributed by atoms with Crippen molar-refractivity contribution in [2.45, 2.75) is 18.8 Å². The minimum atomic E-state index is -0.791. The van der Waals surface area contributed by atoms with Crippen LogP contribution in [-0.2, 0) is 9.59 Å². The molecule has 0 radical (unpaired) electrons. The number of carboxylic acid groups (broad SMARTS) is 1. The molecule has 1 saturated heterocycles. The number of hydrogen-bond donors (Lipinski definition) is 1. The molecule has 1 aliphatic carbocycles. The lowest BCUT2D eigenvalue weighted by molar-refractivity contribution is -0.141. The zero-order chi connectivity index (χ0) is 14.3. The van der Waals surface area contributed by atoms with Crippen molar-refractivity contribution in [3.8, 4) is 0 Å². The van der Waals surface area contributed by atoms with E-state index in [0.717, 1.165) is 10.9 Å². The van der Waals surface area contributed by atoms with E-state index in [1.807, 2.05) is 24.3 Å². The van der Waals surface area contributed by atoms with Gasteiger partial charge in [-0.25, -0.2) is 0 Å². The number of likely N-dealkylation sites (tertiary alicyclic amines) is 1. The van der Waals surface area contributed by atoms with E-state index in [9.17, 15) is 9.59 Å². The highest BCUT2D eigenvalue weighted by Gasteiger charge is 2.47. The summed E-state index contributed by atoms with van der Waals surface area (Å²) in [6, 6.07) is 8.08. The Morgan fingerprint density at radius 1 is 1.25 bits per heavy atom. The quantitative estimate of drug-likeness (QED) is 0.921. The Bertz CT molecular complexity index is 543. The van der Waals surface area contributed by atoms with Crippen molar-refractivity contribution in [1.29, 1.82) is 0 Å². The fourth-order valence-electron chi connectivity index (χ4n) is 2.94. The molecule has 1 heterocycles. The number of aliphatic carboxylic acids is 1. The molecule has 106 valence electrons. The molecular formula is C15H16BrNO3. The summed E-state index contributed by atoms with van der Waals surface area (Å²) >= 11 is 3.40. The summed E-state index contributed by atoms with van der Waals surface area (Å²) in [7, 11) is 0. The van der Waals surface area contributed by atoms with Crippen LogP contribution in [0.25, 0.3) is 0 Å². The molecule has 2 aliphatic rings. The second-order valence-corrected chi connectivity index (χ2v) is 6.52. The number of hydrogen-bond acceptors (Lipinski definition) is 2. The second kappa shape index (κ2) is 5.20. The van der Waals surface area contributed by atoms with Crippen molar-refractivity contribution in [1.82, 2.24) is 4.90 Å². The number of amides is 1. The van der Waals surface area contributed by atoms with Gasteiger partial charge in [0.1, 0.15) is 0 Å². The summed E-state index contributed by atoms with van der Waals surface area (Å²) < 4.78 is 1.04. The highest BCUT2D eigenvalue weighted by Crippen LogP contribution is 2.49. The molecule has 1 aromatic rings. The first-order chi connectivity index (χ1) is 9.56. The Hall–Kier alpha value is -1.36. The molecule has 2 fully saturated rings. The van der Waals surface area contributed by atoms with Gasteiger partial charge >= 0.3 is 5.97 Å². The van der Waals surface area contributed by atoms with Crippen molar-refractivity contribution in [3.63, 3.8) is 0 Å². The van der Waals surface area contributed by atoms with E-state index in [1.165, 1.54) is 5.56 Å². The van der Waals surface area contributed by atoms with Gasteiger partial charge < -0.3 is 10.0 Å². The van der Waals surface area contributed by atoms with Gasteiger partial charge in [0.25, 0.3) is 0 Å². The largest absolute Gasteiger partial charge is 0.481 e. The van der Waals surface area contributed by atoms with Crippen molar-refractivity contribution in [3.05, 3.63) is 34.3 Å². The smallest absolute Gasteiger partial charge is 0.308 e. The van der Waals surface area contributed by atoms with Gasteiger partial charge in [0.15, 0.2) is 0 Å². The molecule has 4 nitrogen and oxygen atoms in total. The predicted octanol–water partition coefficient (Wildman–Crippen LogP) is 2.49. The molecule has 3 atom stereocenters. The van der Waals surface area contributed by atoms with Crippen LogP contribution in [0, 0.1) is 11.8 Å². The summed E-state index contributed by atoms with van der Waals surface area (Å²) in [5, 5.41) is 8.98. The molecule has 0 bridgehead atoms. The number of halogens is 1. The summed E-state index contributed by atoms with van der Waals surface area (Å²) in [5.41, 5.74) is 1.19. The van der Waals surface area contributed by atoms with Crippen LogP contribution >= 0.6 is 15.9 Å². The van der Waals surface area contributed by atoms with E-state index in [2.05, 4.69) is 15.9 Å². The van der Waals surface area contributed by atoms with Gasteiger partial charge in [-0.2, -0.15) is 0 Å². The SMILES string of the molecule is O=C(O)[C@@H]1CCN(C(=O)[C@H]2C[C@H]2c2ccc(Br)cc2)C1. The minimum Gasteiger partial charge on any atom is -0.481 e. The Labute approximate surface area is 125 Å². The average Bonchev–Trinajstić information content (AvgIpc) is 3.06. The topological polar surface area (TPSA) is 57.6 Å². The molecule has 20 heavy (non-hydrogen) atoms. The maximum absolute atomic E-state index is 12.4. The fraction of sp³-hybridized carbons (Fsp3) is 0.467. The first-order valence-electron chi connectivity index (χ1n) is 6.83. The summed E-state index contributed by atoms with van der Waals surface area (Å²) in [4.78, 5) is 25.0. The van der Waals surface area contributed by atoms with Crippen LogP contribution in [0.5, 0.6) is 0 Å². The molecule has 0 aromatic heterocycles. The minimum absolute atomic E-state index is 0.0451. The van der Waals surface area contributed by atoms with Crippen LogP contribution in [0.4, 0.5) is 0 Å². The maximum atomic E-state index is 12.4. The molecule has 1 saturated carbocycles. The van der Waals surface area contributed by atoms with Gasteiger partial charge in [-0.3, -0.25) is 9.59 Å². The molecule has 1 aromatic carbocycles. The van der Waals surface area contributed by atoms with Crippen molar-refractivity contribution in [2.75, 3.05) is 13.1 Å². The Morgan fingerprint density at radius 2 is 1.95 bits per heavy atom. The van der Waals surface area contributed by atoms with E-state index in [4.69, 9.17) is 5.11 Å². The summed E-state index contributed by atoms with van der Waals surface area (Å²) in [6.07, 6.45) is 1.46. The van der Waals surface area contributed by atoms with E-state index in [0.29, 0.717) is 25.4 Å². The normalized spacial score (nSPS) is 28.4. The molecule has 1 amide bonds. The molecule has 1 N–H and O–H groups in total. The number of carboxylic acids is 1. The predicted molar refractivity (Wildman–Crippen MR) is 77.3 cm³/mol. The highest BCUT2D eigenvalue weighted by molar-refractivity contribution is 9.10. The standard InChI is InChI=1S/C15H16BrNO3/c16-11-3-1-9(2-4-11)12-7-13(12)14(18)17-6-5-10(8-17)15(19)20/h1-4,10,12-13H,5-8H2,(H,19,20)/t10-,12+,13+/m1/s1. The van der Waals surface area contributed by atoms with Crippen molar-refractivity contribution < 1.29 is 14.7 Å². The van der Waals surface area contributed by atoms with Gasteiger partial charge in [-0.15, -0.1) is 0 Å². The number of carbonyl (C=O) groups excluding carboxylic acids is 1. The third kappa shape index (κ3) is 2.59. The second-order valence-electron chi connectivity index (χ2n) is 5.61. The lowest BCUT2D eigenvalue weighted by Gasteiger charge is -2.15. The zero-order valence-electron chi connectivity index (χ0n) is 11.0. The summed E-state index contributed by atoms with van der Waals surface area (Å²) in [5.74, 6) is -0.700. The molecule has 5 heteroatoms. The zero-order valence-corrected chi connectivity index (χ0v) is 12.5. The van der Waals surface area contributed by atoms with Crippen LogP contribution in [0.1, 0.15) is 24.3 Å². The molecule has 3 rings (SSSR count). The Kier molecular flexibility index (Phi) is 3.54. The van der Waals surface area contributed by atoms with Gasteiger partial charge in [0.05, 0.1) is 5.92 Å². The number of benzene rings is 1. The molecule has 1 aliphatic heterocycles. The van der Waals surface area contributed by atoms with Crippen molar-refractivity contribution in [2.24, 2.45) is 11.8 Å². The molecule has 0 unspecified atom stereocenters. The van der Waals surface area contributed by atoms with E-state index >= 15 is 0 Å². The van der Waals surface area contributed by atoms with Gasteiger partial charge in [-0.05, 0) is 36.5 Å². The Balaban J connectivity index is 1.61. The van der Waals surface area contributed by atoms with E-state index in [1.54, 1.807) is 4.90 Å². The van der Waals surface area contributed by atoms with Gasteiger partial charge in [0, 0.05) is 23.5 Å². The van der Waals surface area contributed by atoms with Gasteiger partial charge in [0.2, 0.25) is 5.91 Å². The Morgan fingerprint density at radius 3 is 2.55 bits per heavy atom. The van der Waals surface area contributed by atoms with Crippen LogP contribution in [-0.4, -0.2) is 35.0 Å². The van der Waals surface area contributed by atoms with Crippen LogP contribution in [0.2, 0.25) is 0 Å². The van der Waals surface area contributed by atoms with Crippen LogP contribution in [0.15, 0.2) is 28.7 Å². The first-order valence-corrected chi connectivity index (χ1v) is 7.62.